The smallest absolute Gasteiger partial charge is 0.0241 e. The van der Waals surface area contributed by atoms with Crippen molar-refractivity contribution in [3.8, 4) is 0 Å². The molecule has 0 spiro atoms. The molecule has 0 aliphatic heterocycles. The fourth-order valence-electron chi connectivity index (χ4n) is 6.10. The molecule has 0 saturated heterocycles. The quantitative estimate of drug-likeness (QED) is 0.566. The minimum atomic E-state index is 0.782. The van der Waals surface area contributed by atoms with Gasteiger partial charge in [-0.05, 0) is 55.3 Å². The topological polar surface area (TPSA) is 0 Å². The first-order valence-electron chi connectivity index (χ1n) is 8.87. The summed E-state index contributed by atoms with van der Waals surface area (Å²) in [6, 6.07) is 0. The lowest BCUT2D eigenvalue weighted by molar-refractivity contribution is -0.0513. The van der Waals surface area contributed by atoms with Crippen molar-refractivity contribution in [3.63, 3.8) is 0 Å². The van der Waals surface area contributed by atoms with Crippen LogP contribution >= 0.6 is 0 Å². The van der Waals surface area contributed by atoms with Gasteiger partial charge in [-0.3, -0.25) is 0 Å². The fraction of sp³-hybridized carbons (Fsp3) is 1.00. The Kier molecular flexibility index (Phi) is 4.01. The van der Waals surface area contributed by atoms with Crippen LogP contribution in [0.5, 0.6) is 0 Å². The molecule has 0 aromatic carbocycles. The van der Waals surface area contributed by atoms with Gasteiger partial charge in [0, 0.05) is 0 Å². The third kappa shape index (κ3) is 2.14. The summed E-state index contributed by atoms with van der Waals surface area (Å²) in [5, 5.41) is 0. The summed E-state index contributed by atoms with van der Waals surface area (Å²) >= 11 is 0. The summed E-state index contributed by atoms with van der Waals surface area (Å²) in [7, 11) is 0. The number of rotatable bonds is 2. The van der Waals surface area contributed by atoms with Crippen molar-refractivity contribution in [1.29, 1.82) is 0 Å². The summed E-state index contributed by atoms with van der Waals surface area (Å²) in [5.74, 6) is 3.34. The largest absolute Gasteiger partial charge is 0.0648 e. The second kappa shape index (κ2) is 5.55. The zero-order chi connectivity index (χ0) is 12.4. The van der Waals surface area contributed by atoms with Crippen molar-refractivity contribution in [2.75, 3.05) is 0 Å². The van der Waals surface area contributed by atoms with Gasteiger partial charge in [-0.15, -0.1) is 0 Å². The molecule has 3 aliphatic rings. The lowest BCUT2D eigenvalue weighted by Gasteiger charge is -2.55. The molecule has 0 heteroatoms. The first-order valence-corrected chi connectivity index (χ1v) is 8.87. The summed E-state index contributed by atoms with van der Waals surface area (Å²) in [4.78, 5) is 0. The van der Waals surface area contributed by atoms with Gasteiger partial charge < -0.3 is 0 Å². The van der Waals surface area contributed by atoms with Crippen LogP contribution in [0.4, 0.5) is 0 Å². The number of hydrogen-bond donors (Lipinski definition) is 0. The van der Waals surface area contributed by atoms with E-state index in [0.29, 0.717) is 0 Å². The van der Waals surface area contributed by atoms with Gasteiger partial charge in [0.15, 0.2) is 0 Å². The van der Waals surface area contributed by atoms with E-state index in [1.807, 2.05) is 0 Å². The first-order chi connectivity index (χ1) is 8.87. The summed E-state index contributed by atoms with van der Waals surface area (Å²) in [5.41, 5.74) is 0.782. The average Bonchev–Trinajstić information content (AvgIpc) is 2.47. The highest BCUT2D eigenvalue weighted by Crippen LogP contribution is 2.58. The summed E-state index contributed by atoms with van der Waals surface area (Å²) in [6.45, 7) is 2.52. The highest BCUT2D eigenvalue weighted by Gasteiger charge is 2.49. The van der Waals surface area contributed by atoms with Crippen LogP contribution in [0.2, 0.25) is 0 Å². The molecule has 18 heavy (non-hydrogen) atoms. The molecule has 0 radical (unpaired) electrons. The van der Waals surface area contributed by atoms with E-state index in [-0.39, 0.29) is 0 Å². The molecule has 0 nitrogen and oxygen atoms in total. The molecule has 3 saturated carbocycles. The number of fused-ring (bicyclic) bond motifs is 1. The monoisotopic (exact) mass is 248 g/mol. The fourth-order valence-corrected chi connectivity index (χ4v) is 6.10. The maximum atomic E-state index is 2.52. The van der Waals surface area contributed by atoms with Gasteiger partial charge in [0.1, 0.15) is 0 Å². The predicted molar refractivity (Wildman–Crippen MR) is 78.6 cm³/mol. The molecule has 104 valence electrons. The number of hydrogen-bond acceptors (Lipinski definition) is 0. The van der Waals surface area contributed by atoms with Crippen molar-refractivity contribution in [1.82, 2.24) is 0 Å². The molecule has 0 amide bonds. The predicted octanol–water partition coefficient (Wildman–Crippen LogP) is 5.95. The van der Waals surface area contributed by atoms with Gasteiger partial charge in [-0.25, -0.2) is 0 Å². The molecule has 0 aromatic rings. The SMILES string of the molecule is CCC1(C2CCCCC2)CCCC2CCCCC21. The van der Waals surface area contributed by atoms with Crippen LogP contribution in [-0.2, 0) is 0 Å². The van der Waals surface area contributed by atoms with Gasteiger partial charge in [0.25, 0.3) is 0 Å². The Morgan fingerprint density at radius 2 is 1.44 bits per heavy atom. The van der Waals surface area contributed by atoms with E-state index in [2.05, 4.69) is 6.92 Å². The van der Waals surface area contributed by atoms with Gasteiger partial charge in [0.05, 0.1) is 0 Å². The van der Waals surface area contributed by atoms with E-state index in [9.17, 15) is 0 Å². The van der Waals surface area contributed by atoms with E-state index >= 15 is 0 Å². The van der Waals surface area contributed by atoms with Gasteiger partial charge in [-0.2, -0.15) is 0 Å². The van der Waals surface area contributed by atoms with Crippen LogP contribution in [0.25, 0.3) is 0 Å². The third-order valence-electron chi connectivity index (χ3n) is 6.94. The van der Waals surface area contributed by atoms with E-state index in [0.717, 1.165) is 23.2 Å². The molecule has 3 rings (SSSR count). The maximum absolute atomic E-state index is 2.52. The molecule has 3 fully saturated rings. The Morgan fingerprint density at radius 3 is 2.22 bits per heavy atom. The molecule has 3 unspecified atom stereocenters. The van der Waals surface area contributed by atoms with E-state index < -0.39 is 0 Å². The Balaban J connectivity index is 1.82. The van der Waals surface area contributed by atoms with Gasteiger partial charge >= 0.3 is 0 Å². The second-order valence-electron chi connectivity index (χ2n) is 7.46. The van der Waals surface area contributed by atoms with Crippen LogP contribution in [0, 0.1) is 23.2 Å². The Bertz CT molecular complexity index is 261. The van der Waals surface area contributed by atoms with Crippen LogP contribution in [0.15, 0.2) is 0 Å². The van der Waals surface area contributed by atoms with Crippen LogP contribution in [0.3, 0.4) is 0 Å². The molecule has 3 aliphatic carbocycles. The lowest BCUT2D eigenvalue weighted by Crippen LogP contribution is -2.46. The molecule has 0 aromatic heterocycles. The van der Waals surface area contributed by atoms with Crippen molar-refractivity contribution in [2.45, 2.75) is 90.4 Å². The zero-order valence-corrected chi connectivity index (χ0v) is 12.4. The van der Waals surface area contributed by atoms with Crippen LogP contribution in [0.1, 0.15) is 90.4 Å². The normalized spacial score (nSPS) is 42.5. The highest BCUT2D eigenvalue weighted by atomic mass is 14.5. The van der Waals surface area contributed by atoms with Crippen LogP contribution < -0.4 is 0 Å². The van der Waals surface area contributed by atoms with Gasteiger partial charge in [-0.1, -0.05) is 58.3 Å². The second-order valence-corrected chi connectivity index (χ2v) is 7.46. The minimum absolute atomic E-state index is 0.782. The lowest BCUT2D eigenvalue weighted by atomic mass is 9.50. The standard InChI is InChI=1S/C18H32/c1-2-18(16-11-4-3-5-12-16)14-8-10-15-9-6-7-13-17(15)18/h15-17H,2-14H2,1H3. The Hall–Kier alpha value is 0. The molecule has 3 atom stereocenters. The maximum Gasteiger partial charge on any atom is -0.0241 e. The van der Waals surface area contributed by atoms with Crippen molar-refractivity contribution in [3.05, 3.63) is 0 Å². The Morgan fingerprint density at radius 1 is 0.778 bits per heavy atom. The van der Waals surface area contributed by atoms with Crippen molar-refractivity contribution in [2.24, 2.45) is 23.2 Å². The molecular formula is C18H32. The molecular weight excluding hydrogens is 216 g/mol. The van der Waals surface area contributed by atoms with Crippen molar-refractivity contribution >= 4 is 0 Å². The summed E-state index contributed by atoms with van der Waals surface area (Å²) in [6.07, 6.45) is 20.1. The van der Waals surface area contributed by atoms with Gasteiger partial charge in [0.2, 0.25) is 0 Å². The molecule has 0 bridgehead atoms. The highest BCUT2D eigenvalue weighted by molar-refractivity contribution is 4.99. The first kappa shape index (κ1) is 13.0. The minimum Gasteiger partial charge on any atom is -0.0648 e. The van der Waals surface area contributed by atoms with Crippen LogP contribution in [-0.4, -0.2) is 0 Å². The molecule has 0 heterocycles. The third-order valence-corrected chi connectivity index (χ3v) is 6.94. The Labute approximate surface area is 114 Å². The average molecular weight is 248 g/mol. The van der Waals surface area contributed by atoms with E-state index in [4.69, 9.17) is 0 Å². The van der Waals surface area contributed by atoms with E-state index in [1.165, 1.54) is 38.5 Å². The van der Waals surface area contributed by atoms with Crippen molar-refractivity contribution < 1.29 is 0 Å². The summed E-state index contributed by atoms with van der Waals surface area (Å²) < 4.78 is 0. The zero-order valence-electron chi connectivity index (χ0n) is 12.4. The molecule has 0 N–H and O–H groups in total. The van der Waals surface area contributed by atoms with E-state index in [1.54, 1.807) is 44.9 Å².